The van der Waals surface area contributed by atoms with E-state index < -0.39 is 0 Å². The number of amides is 2. The maximum absolute atomic E-state index is 12.7. The second-order valence-electron chi connectivity index (χ2n) is 9.02. The van der Waals surface area contributed by atoms with Gasteiger partial charge in [0.25, 0.3) is 6.47 Å². The van der Waals surface area contributed by atoms with Crippen LogP contribution >= 0.6 is 0 Å². The number of rotatable bonds is 6. The fraction of sp³-hybridized carbons (Fsp3) is 0.542. The lowest BCUT2D eigenvalue weighted by Gasteiger charge is -2.30. The highest BCUT2D eigenvalue weighted by Crippen LogP contribution is 2.38. The van der Waals surface area contributed by atoms with Crippen LogP contribution in [0.1, 0.15) is 61.7 Å². The summed E-state index contributed by atoms with van der Waals surface area (Å²) in [6, 6.07) is 7.99. The van der Waals surface area contributed by atoms with Crippen LogP contribution in [0.25, 0.3) is 0 Å². The molecule has 5 rings (SSSR count). The first-order valence-electron chi connectivity index (χ1n) is 11.8. The number of nitrogens with one attached hydrogen (secondary N) is 2. The SMILES string of the molecule is O=C(NCc1nc(C2CC2)no1)C1CCC(NC(=O)C2COc3ccccc3C2)CC1.O=CO. The Morgan fingerprint density at radius 1 is 1.06 bits per heavy atom. The van der Waals surface area contributed by atoms with Gasteiger partial charge in [0.1, 0.15) is 12.4 Å². The first kappa shape index (κ1) is 23.7. The summed E-state index contributed by atoms with van der Waals surface area (Å²) in [5.74, 6) is 2.41. The molecule has 3 N–H and O–H groups in total. The van der Waals surface area contributed by atoms with Gasteiger partial charge in [-0.15, -0.1) is 0 Å². The Balaban J connectivity index is 0.000000868. The second-order valence-corrected chi connectivity index (χ2v) is 9.02. The zero-order valence-corrected chi connectivity index (χ0v) is 18.9. The summed E-state index contributed by atoms with van der Waals surface area (Å²) < 4.78 is 11.0. The number of carbonyl (C=O) groups excluding carboxylic acids is 2. The van der Waals surface area contributed by atoms with E-state index in [2.05, 4.69) is 20.8 Å². The van der Waals surface area contributed by atoms with Crippen LogP contribution in [0.15, 0.2) is 28.8 Å². The van der Waals surface area contributed by atoms with Crippen molar-refractivity contribution in [2.45, 2.75) is 63.5 Å². The van der Waals surface area contributed by atoms with Crippen LogP contribution in [0.4, 0.5) is 0 Å². The molecule has 2 heterocycles. The number of carbonyl (C=O) groups is 3. The van der Waals surface area contributed by atoms with Gasteiger partial charge in [0.2, 0.25) is 17.7 Å². The van der Waals surface area contributed by atoms with Gasteiger partial charge in [-0.05, 0) is 56.6 Å². The molecule has 10 heteroatoms. The van der Waals surface area contributed by atoms with Crippen LogP contribution in [-0.4, -0.2) is 46.2 Å². The largest absolute Gasteiger partial charge is 0.492 e. The van der Waals surface area contributed by atoms with Crippen LogP contribution in [0.5, 0.6) is 5.75 Å². The first-order chi connectivity index (χ1) is 16.6. The standard InChI is InChI=1S/C23H28N4O4.CH2O2/c28-22(24-12-20-26-21(27-31-20)14-5-6-14)15-7-9-18(10-8-15)25-23(29)17-11-16-3-1-2-4-19(16)30-13-17;2-1-3/h1-4,14-15,17-18H,5-13H2,(H,24,28)(H,25,29);1H,(H,2,3). The normalized spacial score (nSPS) is 23.4. The zero-order chi connectivity index (χ0) is 23.9. The molecule has 2 saturated carbocycles. The predicted octanol–water partition coefficient (Wildman–Crippen LogP) is 2.19. The number of para-hydroxylation sites is 1. The van der Waals surface area contributed by atoms with Crippen molar-refractivity contribution in [1.82, 2.24) is 20.8 Å². The maximum Gasteiger partial charge on any atom is 0.290 e. The van der Waals surface area contributed by atoms with Crippen LogP contribution in [0.2, 0.25) is 0 Å². The maximum atomic E-state index is 12.7. The molecule has 2 aromatic rings. The Morgan fingerprint density at radius 3 is 2.53 bits per heavy atom. The van der Waals surface area contributed by atoms with Crippen molar-refractivity contribution >= 4 is 18.3 Å². The topological polar surface area (TPSA) is 144 Å². The summed E-state index contributed by atoms with van der Waals surface area (Å²) >= 11 is 0. The van der Waals surface area contributed by atoms with E-state index in [1.165, 1.54) is 0 Å². The second kappa shape index (κ2) is 11.1. The molecule has 0 spiro atoms. The third kappa shape index (κ3) is 6.12. The third-order valence-corrected chi connectivity index (χ3v) is 6.53. The Hall–Kier alpha value is -3.43. The van der Waals surface area contributed by atoms with E-state index in [-0.39, 0.29) is 42.7 Å². The fourth-order valence-electron chi connectivity index (χ4n) is 4.47. The molecule has 2 aliphatic carbocycles. The summed E-state index contributed by atoms with van der Waals surface area (Å²) in [6.07, 6.45) is 6.08. The van der Waals surface area contributed by atoms with Gasteiger partial charge in [-0.1, -0.05) is 23.4 Å². The molecule has 1 aromatic carbocycles. The summed E-state index contributed by atoms with van der Waals surface area (Å²) in [4.78, 5) is 37.9. The zero-order valence-electron chi connectivity index (χ0n) is 18.9. The van der Waals surface area contributed by atoms with Gasteiger partial charge >= 0.3 is 0 Å². The molecule has 0 bridgehead atoms. The number of carboxylic acid groups (broad SMARTS) is 1. The highest BCUT2D eigenvalue weighted by Gasteiger charge is 2.31. The van der Waals surface area contributed by atoms with Crippen molar-refractivity contribution in [1.29, 1.82) is 0 Å². The summed E-state index contributed by atoms with van der Waals surface area (Å²) in [5.41, 5.74) is 1.08. The minimum Gasteiger partial charge on any atom is -0.492 e. The van der Waals surface area contributed by atoms with Crippen LogP contribution < -0.4 is 15.4 Å². The van der Waals surface area contributed by atoms with E-state index in [4.69, 9.17) is 19.2 Å². The molecule has 182 valence electrons. The molecular formula is C24H30N4O6. The summed E-state index contributed by atoms with van der Waals surface area (Å²) in [5, 5.41) is 17.0. The first-order valence-corrected chi connectivity index (χ1v) is 11.8. The van der Waals surface area contributed by atoms with Crippen LogP contribution in [-0.2, 0) is 27.3 Å². The molecule has 34 heavy (non-hydrogen) atoms. The highest BCUT2D eigenvalue weighted by atomic mass is 16.5. The Labute approximate surface area is 197 Å². The van der Waals surface area contributed by atoms with E-state index in [1.807, 2.05) is 24.3 Å². The van der Waals surface area contributed by atoms with Crippen molar-refractivity contribution in [3.8, 4) is 5.75 Å². The van der Waals surface area contributed by atoms with Gasteiger partial charge in [0.15, 0.2) is 5.82 Å². The molecule has 2 fully saturated rings. The van der Waals surface area contributed by atoms with E-state index in [0.29, 0.717) is 24.8 Å². The lowest BCUT2D eigenvalue weighted by atomic mass is 9.85. The van der Waals surface area contributed by atoms with Gasteiger partial charge in [-0.3, -0.25) is 14.4 Å². The van der Waals surface area contributed by atoms with E-state index in [0.717, 1.165) is 55.7 Å². The molecular weight excluding hydrogens is 440 g/mol. The average molecular weight is 471 g/mol. The van der Waals surface area contributed by atoms with E-state index in [1.54, 1.807) is 0 Å². The van der Waals surface area contributed by atoms with Crippen molar-refractivity contribution in [3.63, 3.8) is 0 Å². The van der Waals surface area contributed by atoms with Gasteiger partial charge in [0, 0.05) is 17.9 Å². The average Bonchev–Trinajstić information content (AvgIpc) is 3.61. The molecule has 10 nitrogen and oxygen atoms in total. The van der Waals surface area contributed by atoms with Crippen molar-refractivity contribution in [2.24, 2.45) is 11.8 Å². The molecule has 1 aliphatic heterocycles. The monoisotopic (exact) mass is 470 g/mol. The van der Waals surface area contributed by atoms with Crippen LogP contribution in [0.3, 0.4) is 0 Å². The van der Waals surface area contributed by atoms with Crippen LogP contribution in [0, 0.1) is 11.8 Å². The number of nitrogens with zero attached hydrogens (tertiary/aromatic N) is 2. The Kier molecular flexibility index (Phi) is 7.76. The smallest absolute Gasteiger partial charge is 0.290 e. The molecule has 1 unspecified atom stereocenters. The number of ether oxygens (including phenoxy) is 1. The highest BCUT2D eigenvalue weighted by molar-refractivity contribution is 5.80. The van der Waals surface area contributed by atoms with Gasteiger partial charge in [-0.2, -0.15) is 4.98 Å². The molecule has 3 aliphatic rings. The molecule has 1 atom stereocenters. The van der Waals surface area contributed by atoms with Crippen molar-refractivity contribution < 1.29 is 28.8 Å². The number of aromatic nitrogens is 2. The van der Waals surface area contributed by atoms with Gasteiger partial charge in [-0.25, -0.2) is 0 Å². The van der Waals surface area contributed by atoms with Crippen molar-refractivity contribution in [3.05, 3.63) is 41.5 Å². The predicted molar refractivity (Wildman–Crippen MR) is 120 cm³/mol. The molecule has 2 amide bonds. The lowest BCUT2D eigenvalue weighted by Crippen LogP contribution is -2.45. The van der Waals surface area contributed by atoms with E-state index in [9.17, 15) is 9.59 Å². The lowest BCUT2D eigenvalue weighted by molar-refractivity contribution is -0.128. The molecule has 0 radical (unpaired) electrons. The number of benzene rings is 1. The Morgan fingerprint density at radius 2 is 1.79 bits per heavy atom. The minimum absolute atomic E-state index is 0.0215. The number of fused-ring (bicyclic) bond motifs is 1. The Bertz CT molecular complexity index is 997. The number of hydrogen-bond acceptors (Lipinski definition) is 7. The third-order valence-electron chi connectivity index (χ3n) is 6.53. The van der Waals surface area contributed by atoms with Gasteiger partial charge in [0.05, 0.1) is 12.5 Å². The van der Waals surface area contributed by atoms with Gasteiger partial charge < -0.3 is 25.0 Å². The molecule has 1 aromatic heterocycles. The van der Waals surface area contributed by atoms with E-state index >= 15 is 0 Å². The fourth-order valence-corrected chi connectivity index (χ4v) is 4.47. The minimum atomic E-state index is -0.250. The summed E-state index contributed by atoms with van der Waals surface area (Å²) in [6.45, 7) is 0.442. The molecule has 0 saturated heterocycles. The number of hydrogen-bond donors (Lipinski definition) is 3. The van der Waals surface area contributed by atoms with Crippen molar-refractivity contribution in [2.75, 3.05) is 6.61 Å². The summed E-state index contributed by atoms with van der Waals surface area (Å²) in [7, 11) is 0. The quantitative estimate of drug-likeness (QED) is 0.545.